The van der Waals surface area contributed by atoms with Crippen molar-refractivity contribution in [3.63, 3.8) is 0 Å². The molecule has 3 N–H and O–H groups in total. The first-order valence-electron chi connectivity index (χ1n) is 5.95. The van der Waals surface area contributed by atoms with Gasteiger partial charge in [-0.25, -0.2) is 4.79 Å². The van der Waals surface area contributed by atoms with Crippen LogP contribution in [0.5, 0.6) is 0 Å². The second-order valence-corrected chi connectivity index (χ2v) is 6.39. The number of aromatic amines is 2. The van der Waals surface area contributed by atoms with Crippen LogP contribution in [-0.4, -0.2) is 22.9 Å². The highest BCUT2D eigenvalue weighted by Crippen LogP contribution is 2.22. The van der Waals surface area contributed by atoms with Crippen molar-refractivity contribution in [2.45, 2.75) is 25.2 Å². The zero-order valence-corrected chi connectivity index (χ0v) is 11.7. The Hall–Kier alpha value is -1.93. The number of aromatic nitrogens is 2. The van der Waals surface area contributed by atoms with Crippen molar-refractivity contribution in [2.75, 3.05) is 0 Å². The van der Waals surface area contributed by atoms with Gasteiger partial charge >= 0.3 is 5.69 Å². The molecular formula is C12H14N2O5S. The Balaban J connectivity index is 2.93. The second kappa shape index (κ2) is 4.88. The summed E-state index contributed by atoms with van der Waals surface area (Å²) in [5.41, 5.74) is -0.885. The molecular weight excluding hydrogens is 284 g/mol. The van der Waals surface area contributed by atoms with Gasteiger partial charge in [-0.1, -0.05) is 13.8 Å². The molecule has 0 radical (unpaired) electrons. The van der Waals surface area contributed by atoms with E-state index < -0.39 is 26.3 Å². The first-order chi connectivity index (χ1) is 9.18. The Kier molecular flexibility index (Phi) is 3.53. The van der Waals surface area contributed by atoms with E-state index in [1.807, 2.05) is 18.8 Å². The van der Waals surface area contributed by atoms with E-state index in [1.54, 1.807) is 6.07 Å². The summed E-state index contributed by atoms with van der Waals surface area (Å²) in [6.45, 7) is 3.88. The number of hydrogen-bond donors (Lipinski definition) is 3. The monoisotopic (exact) mass is 298 g/mol. The first-order valence-corrected chi connectivity index (χ1v) is 7.39. The molecule has 0 bridgehead atoms. The smallest absolute Gasteiger partial charge is 0.307 e. The molecule has 0 aliphatic rings. The quantitative estimate of drug-likeness (QED) is 0.719. The van der Waals surface area contributed by atoms with Crippen LogP contribution in [0.15, 0.2) is 26.6 Å². The van der Waals surface area contributed by atoms with Crippen LogP contribution >= 0.6 is 0 Å². The molecule has 2 aromatic rings. The predicted molar refractivity (Wildman–Crippen MR) is 73.5 cm³/mol. The molecule has 8 heteroatoms. The van der Waals surface area contributed by atoms with Gasteiger partial charge in [0.25, 0.3) is 15.7 Å². The third-order valence-electron chi connectivity index (χ3n) is 2.79. The largest absolute Gasteiger partial charge is 0.326 e. The maximum absolute atomic E-state index is 11.7. The summed E-state index contributed by atoms with van der Waals surface area (Å²) < 4.78 is 32.1. The van der Waals surface area contributed by atoms with Gasteiger partial charge in [-0.3, -0.25) is 14.3 Å². The van der Waals surface area contributed by atoms with Crippen LogP contribution in [0.25, 0.3) is 10.9 Å². The lowest BCUT2D eigenvalue weighted by Gasteiger charge is -2.09. The number of benzene rings is 1. The lowest BCUT2D eigenvalue weighted by Crippen LogP contribution is -2.23. The number of hydrogen-bond acceptors (Lipinski definition) is 4. The highest BCUT2D eigenvalue weighted by atomic mass is 32.2. The van der Waals surface area contributed by atoms with Crippen molar-refractivity contribution in [3.05, 3.63) is 38.5 Å². The minimum atomic E-state index is -4.57. The van der Waals surface area contributed by atoms with E-state index >= 15 is 0 Å². The molecule has 0 aliphatic heterocycles. The first kappa shape index (κ1) is 14.5. The molecule has 0 fully saturated rings. The van der Waals surface area contributed by atoms with E-state index in [9.17, 15) is 22.6 Å². The van der Waals surface area contributed by atoms with Crippen LogP contribution in [-0.2, 0) is 16.5 Å². The number of fused-ring (bicyclic) bond motifs is 1. The van der Waals surface area contributed by atoms with Crippen LogP contribution in [0.4, 0.5) is 0 Å². The molecule has 0 atom stereocenters. The second-order valence-electron chi connectivity index (χ2n) is 5.00. The maximum Gasteiger partial charge on any atom is 0.326 e. The van der Waals surface area contributed by atoms with Gasteiger partial charge in [0.05, 0.1) is 10.9 Å². The van der Waals surface area contributed by atoms with Gasteiger partial charge < -0.3 is 4.98 Å². The zero-order valence-electron chi connectivity index (χ0n) is 10.9. The summed E-state index contributed by atoms with van der Waals surface area (Å²) in [6.07, 6.45) is 0.549. The van der Waals surface area contributed by atoms with Crippen molar-refractivity contribution in [1.82, 2.24) is 9.97 Å². The Morgan fingerprint density at radius 1 is 1.20 bits per heavy atom. The lowest BCUT2D eigenvalue weighted by atomic mass is 10.0. The molecule has 1 heterocycles. The van der Waals surface area contributed by atoms with Crippen molar-refractivity contribution < 1.29 is 13.0 Å². The van der Waals surface area contributed by atoms with Crippen molar-refractivity contribution in [2.24, 2.45) is 5.92 Å². The Bertz CT molecular complexity index is 877. The normalized spacial score (nSPS) is 12.2. The van der Waals surface area contributed by atoms with E-state index in [0.29, 0.717) is 12.0 Å². The fourth-order valence-electron chi connectivity index (χ4n) is 2.12. The van der Waals surface area contributed by atoms with Gasteiger partial charge in [-0.05, 0) is 30.0 Å². The third-order valence-corrected chi connectivity index (χ3v) is 3.66. The molecule has 0 amide bonds. The average molecular weight is 298 g/mol. The average Bonchev–Trinajstić information content (AvgIpc) is 2.24. The van der Waals surface area contributed by atoms with Crippen molar-refractivity contribution in [3.8, 4) is 0 Å². The maximum atomic E-state index is 11.7. The molecule has 0 aliphatic carbocycles. The minimum absolute atomic E-state index is 0.0875. The molecule has 0 unspecified atom stereocenters. The fraction of sp³-hybridized carbons (Fsp3) is 0.333. The molecule has 0 saturated carbocycles. The molecule has 108 valence electrons. The van der Waals surface area contributed by atoms with Crippen LogP contribution in [0.3, 0.4) is 0 Å². The van der Waals surface area contributed by atoms with Gasteiger partial charge in [-0.15, -0.1) is 0 Å². The fourth-order valence-corrected chi connectivity index (χ4v) is 2.88. The van der Waals surface area contributed by atoms with Gasteiger partial charge in [-0.2, -0.15) is 8.42 Å². The summed E-state index contributed by atoms with van der Waals surface area (Å²) in [7, 11) is -4.57. The third kappa shape index (κ3) is 2.81. The topological polar surface area (TPSA) is 120 Å². The predicted octanol–water partition coefficient (Wildman–Crippen LogP) is 0.662. The summed E-state index contributed by atoms with van der Waals surface area (Å²) in [6, 6.07) is 2.80. The Labute approximate surface area is 114 Å². The zero-order chi connectivity index (χ0) is 15.1. The summed E-state index contributed by atoms with van der Waals surface area (Å²) >= 11 is 0. The van der Waals surface area contributed by atoms with Gasteiger partial charge in [0.15, 0.2) is 0 Å². The standard InChI is InChI=1S/C12H14N2O5S/c1-6(2)3-7-4-8-10(9(5-7)20(17,18)19)11(15)14-12(16)13-8/h4-6H,3H2,1-2H3,(H,17,18,19)(H2,13,14,15,16). The minimum Gasteiger partial charge on any atom is -0.307 e. The summed E-state index contributed by atoms with van der Waals surface area (Å²) in [5.74, 6) is 0.246. The van der Waals surface area contributed by atoms with Gasteiger partial charge in [0.1, 0.15) is 4.90 Å². The van der Waals surface area contributed by atoms with Crippen molar-refractivity contribution in [1.29, 1.82) is 0 Å². The molecule has 0 spiro atoms. The Morgan fingerprint density at radius 3 is 2.40 bits per heavy atom. The number of rotatable bonds is 3. The summed E-state index contributed by atoms with van der Waals surface area (Å²) in [4.78, 5) is 26.8. The van der Waals surface area contributed by atoms with Gasteiger partial charge in [0.2, 0.25) is 0 Å². The lowest BCUT2D eigenvalue weighted by molar-refractivity contribution is 0.484. The SMILES string of the molecule is CC(C)Cc1cc(S(=O)(=O)O)c2c(=O)[nH]c(=O)[nH]c2c1. The van der Waals surface area contributed by atoms with E-state index in [2.05, 4.69) is 4.98 Å². The molecule has 20 heavy (non-hydrogen) atoms. The van der Waals surface area contributed by atoms with E-state index in [4.69, 9.17) is 0 Å². The summed E-state index contributed by atoms with van der Waals surface area (Å²) in [5, 5.41) is -0.250. The molecule has 1 aromatic carbocycles. The molecule has 1 aromatic heterocycles. The molecule has 2 rings (SSSR count). The Morgan fingerprint density at radius 2 is 1.85 bits per heavy atom. The number of H-pyrrole nitrogens is 2. The van der Waals surface area contributed by atoms with Gasteiger partial charge in [0, 0.05) is 0 Å². The molecule has 7 nitrogen and oxygen atoms in total. The van der Waals surface area contributed by atoms with E-state index in [0.717, 1.165) is 0 Å². The van der Waals surface area contributed by atoms with E-state index in [1.165, 1.54) is 6.07 Å². The van der Waals surface area contributed by atoms with Crippen LogP contribution in [0.2, 0.25) is 0 Å². The van der Waals surface area contributed by atoms with Crippen molar-refractivity contribution >= 4 is 21.0 Å². The molecule has 0 saturated heterocycles. The van der Waals surface area contributed by atoms with Crippen LogP contribution in [0.1, 0.15) is 19.4 Å². The highest BCUT2D eigenvalue weighted by molar-refractivity contribution is 7.86. The van der Waals surface area contributed by atoms with E-state index in [-0.39, 0.29) is 16.8 Å². The van der Waals surface area contributed by atoms with Crippen LogP contribution in [0, 0.1) is 5.92 Å². The highest BCUT2D eigenvalue weighted by Gasteiger charge is 2.19. The van der Waals surface area contributed by atoms with Crippen LogP contribution < -0.4 is 11.2 Å². The number of nitrogens with one attached hydrogen (secondary N) is 2.